The largest absolute Gasteiger partial charge is 0.310 e. The lowest BCUT2D eigenvalue weighted by Gasteiger charge is -2.25. The minimum absolute atomic E-state index is 0.690. The normalized spacial score (nSPS) is 14.2. The van der Waals surface area contributed by atoms with E-state index >= 15 is 0 Å². The maximum atomic E-state index is 3.70. The van der Waals surface area contributed by atoms with E-state index in [9.17, 15) is 0 Å². The van der Waals surface area contributed by atoms with Crippen molar-refractivity contribution in [1.82, 2.24) is 5.32 Å². The van der Waals surface area contributed by atoms with E-state index in [1.165, 1.54) is 17.3 Å². The smallest absolute Gasteiger partial charge is 0.0182 e. The van der Waals surface area contributed by atoms with Gasteiger partial charge in [-0.15, -0.1) is 0 Å². The summed E-state index contributed by atoms with van der Waals surface area (Å²) in [5, 5.41) is 3.70. The molecule has 0 saturated carbocycles. The minimum Gasteiger partial charge on any atom is -0.310 e. The van der Waals surface area contributed by atoms with Gasteiger partial charge in [0.25, 0.3) is 0 Å². The standard InChI is InChI=1S/C10H22IN/c1-5-9(6-2)12-10(7-11)8(3)4/h8-10,12H,5-7H2,1-4H3. The molecule has 0 heterocycles. The Bertz CT molecular complexity index is 100. The molecule has 2 heteroatoms. The molecular formula is C10H22IN. The fraction of sp³-hybridized carbons (Fsp3) is 1.00. The number of nitrogens with one attached hydrogen (secondary N) is 1. The molecule has 0 spiro atoms. The van der Waals surface area contributed by atoms with Crippen molar-refractivity contribution >= 4 is 22.6 Å². The summed E-state index contributed by atoms with van der Waals surface area (Å²) in [5.41, 5.74) is 0. The molecule has 1 atom stereocenters. The summed E-state index contributed by atoms with van der Waals surface area (Å²) in [4.78, 5) is 0. The van der Waals surface area contributed by atoms with Gasteiger partial charge in [-0.1, -0.05) is 50.3 Å². The Balaban J connectivity index is 3.82. The van der Waals surface area contributed by atoms with Crippen LogP contribution in [0, 0.1) is 5.92 Å². The molecule has 0 rings (SSSR count). The average Bonchev–Trinajstić information content (AvgIpc) is 2.06. The number of rotatable bonds is 6. The highest BCUT2D eigenvalue weighted by atomic mass is 127. The van der Waals surface area contributed by atoms with Crippen LogP contribution < -0.4 is 5.32 Å². The van der Waals surface area contributed by atoms with Gasteiger partial charge in [0.1, 0.15) is 0 Å². The van der Waals surface area contributed by atoms with Crippen LogP contribution in [0.4, 0.5) is 0 Å². The van der Waals surface area contributed by atoms with Gasteiger partial charge >= 0.3 is 0 Å². The van der Waals surface area contributed by atoms with Gasteiger partial charge in [0.2, 0.25) is 0 Å². The van der Waals surface area contributed by atoms with Crippen molar-refractivity contribution in [3.63, 3.8) is 0 Å². The highest BCUT2D eigenvalue weighted by Gasteiger charge is 2.14. The Morgan fingerprint density at radius 1 is 1.17 bits per heavy atom. The van der Waals surface area contributed by atoms with Crippen LogP contribution in [0.5, 0.6) is 0 Å². The van der Waals surface area contributed by atoms with Crippen molar-refractivity contribution in [3.8, 4) is 0 Å². The molecule has 0 aliphatic rings. The topological polar surface area (TPSA) is 12.0 Å². The average molecular weight is 283 g/mol. The second-order valence-corrected chi connectivity index (χ2v) is 4.57. The van der Waals surface area contributed by atoms with Crippen molar-refractivity contribution in [3.05, 3.63) is 0 Å². The number of hydrogen-bond donors (Lipinski definition) is 1. The van der Waals surface area contributed by atoms with Gasteiger partial charge in [-0.2, -0.15) is 0 Å². The van der Waals surface area contributed by atoms with Crippen molar-refractivity contribution in [2.45, 2.75) is 52.6 Å². The van der Waals surface area contributed by atoms with Gasteiger partial charge in [-0.25, -0.2) is 0 Å². The van der Waals surface area contributed by atoms with Gasteiger partial charge in [0, 0.05) is 16.5 Å². The summed E-state index contributed by atoms with van der Waals surface area (Å²) in [5.74, 6) is 0.752. The van der Waals surface area contributed by atoms with E-state index in [1.54, 1.807) is 0 Å². The summed E-state index contributed by atoms with van der Waals surface area (Å²) in [6, 6.07) is 1.41. The van der Waals surface area contributed by atoms with Crippen LogP contribution in [0.25, 0.3) is 0 Å². The molecule has 0 fully saturated rings. The summed E-state index contributed by atoms with van der Waals surface area (Å²) in [7, 11) is 0. The van der Waals surface area contributed by atoms with E-state index in [0.717, 1.165) is 5.92 Å². The zero-order valence-electron chi connectivity index (χ0n) is 8.73. The Morgan fingerprint density at radius 2 is 1.67 bits per heavy atom. The van der Waals surface area contributed by atoms with Crippen LogP contribution in [0.2, 0.25) is 0 Å². The van der Waals surface area contributed by atoms with Crippen molar-refractivity contribution < 1.29 is 0 Å². The zero-order chi connectivity index (χ0) is 9.56. The lowest BCUT2D eigenvalue weighted by molar-refractivity contribution is 0.366. The van der Waals surface area contributed by atoms with Crippen molar-refractivity contribution in [2.24, 2.45) is 5.92 Å². The fourth-order valence-corrected chi connectivity index (χ4v) is 2.51. The van der Waals surface area contributed by atoms with Crippen LogP contribution in [-0.2, 0) is 0 Å². The fourth-order valence-electron chi connectivity index (χ4n) is 1.24. The third kappa shape index (κ3) is 4.65. The third-order valence-electron chi connectivity index (χ3n) is 2.41. The molecule has 0 bridgehead atoms. The Hall–Kier alpha value is 0.690. The Labute approximate surface area is 90.8 Å². The summed E-state index contributed by atoms with van der Waals surface area (Å²) >= 11 is 2.47. The number of hydrogen-bond acceptors (Lipinski definition) is 1. The lowest BCUT2D eigenvalue weighted by atomic mass is 10.0. The first kappa shape index (κ1) is 12.7. The SMILES string of the molecule is CCC(CC)NC(CI)C(C)C. The van der Waals surface area contributed by atoms with Crippen LogP contribution in [-0.4, -0.2) is 16.5 Å². The monoisotopic (exact) mass is 283 g/mol. The molecule has 0 amide bonds. The summed E-state index contributed by atoms with van der Waals surface area (Å²) in [6.45, 7) is 9.09. The van der Waals surface area contributed by atoms with Crippen LogP contribution in [0.1, 0.15) is 40.5 Å². The van der Waals surface area contributed by atoms with E-state index in [1.807, 2.05) is 0 Å². The lowest BCUT2D eigenvalue weighted by Crippen LogP contribution is -2.41. The maximum absolute atomic E-state index is 3.70. The van der Waals surface area contributed by atoms with Gasteiger partial charge < -0.3 is 5.32 Å². The molecule has 12 heavy (non-hydrogen) atoms. The van der Waals surface area contributed by atoms with E-state index < -0.39 is 0 Å². The predicted octanol–water partition coefficient (Wildman–Crippen LogP) is 3.22. The molecule has 1 N–H and O–H groups in total. The first-order valence-electron chi connectivity index (χ1n) is 4.97. The quantitative estimate of drug-likeness (QED) is 0.583. The molecule has 1 unspecified atom stereocenters. The van der Waals surface area contributed by atoms with Gasteiger partial charge in [0.05, 0.1) is 0 Å². The molecule has 0 aromatic rings. The Kier molecular flexibility index (Phi) is 7.54. The second kappa shape index (κ2) is 7.13. The molecule has 0 aromatic heterocycles. The Morgan fingerprint density at radius 3 is 1.92 bits per heavy atom. The molecular weight excluding hydrogens is 261 g/mol. The predicted molar refractivity (Wildman–Crippen MR) is 65.0 cm³/mol. The number of alkyl halides is 1. The first-order valence-corrected chi connectivity index (χ1v) is 6.50. The van der Waals surface area contributed by atoms with Crippen LogP contribution in [0.3, 0.4) is 0 Å². The molecule has 74 valence electrons. The van der Waals surface area contributed by atoms with Crippen molar-refractivity contribution in [1.29, 1.82) is 0 Å². The minimum atomic E-state index is 0.690. The maximum Gasteiger partial charge on any atom is 0.0182 e. The first-order chi connectivity index (χ1) is 5.65. The van der Waals surface area contributed by atoms with E-state index in [4.69, 9.17) is 0 Å². The second-order valence-electron chi connectivity index (χ2n) is 3.68. The van der Waals surface area contributed by atoms with Gasteiger partial charge in [-0.05, 0) is 18.8 Å². The summed E-state index contributed by atoms with van der Waals surface area (Å²) in [6.07, 6.45) is 2.49. The molecule has 0 aliphatic carbocycles. The number of halogens is 1. The molecule has 0 aromatic carbocycles. The van der Waals surface area contributed by atoms with Crippen LogP contribution >= 0.6 is 22.6 Å². The molecule has 0 saturated heterocycles. The van der Waals surface area contributed by atoms with Crippen molar-refractivity contribution in [2.75, 3.05) is 4.43 Å². The molecule has 0 radical (unpaired) electrons. The van der Waals surface area contributed by atoms with E-state index in [0.29, 0.717) is 12.1 Å². The molecule has 0 aliphatic heterocycles. The van der Waals surface area contributed by atoms with Gasteiger partial charge in [0.15, 0.2) is 0 Å². The summed E-state index contributed by atoms with van der Waals surface area (Å²) < 4.78 is 1.21. The zero-order valence-corrected chi connectivity index (χ0v) is 10.9. The van der Waals surface area contributed by atoms with E-state index in [-0.39, 0.29) is 0 Å². The van der Waals surface area contributed by atoms with Crippen LogP contribution in [0.15, 0.2) is 0 Å². The van der Waals surface area contributed by atoms with Gasteiger partial charge in [-0.3, -0.25) is 0 Å². The highest BCUT2D eigenvalue weighted by molar-refractivity contribution is 14.1. The molecule has 1 nitrogen and oxygen atoms in total. The van der Waals surface area contributed by atoms with E-state index in [2.05, 4.69) is 55.6 Å². The highest BCUT2D eigenvalue weighted by Crippen LogP contribution is 2.08. The third-order valence-corrected chi connectivity index (χ3v) is 3.36.